The van der Waals surface area contributed by atoms with Crippen LogP contribution in [0.2, 0.25) is 0 Å². The molecule has 1 aliphatic rings. The second-order valence-corrected chi connectivity index (χ2v) is 3.31. The lowest BCUT2D eigenvalue weighted by Gasteiger charge is -2.04. The molecule has 1 aromatic carbocycles. The minimum atomic E-state index is -0.753. The summed E-state index contributed by atoms with van der Waals surface area (Å²) in [5.74, 6) is -1.13. The first kappa shape index (κ1) is 10.9. The van der Waals surface area contributed by atoms with Crippen molar-refractivity contribution in [3.8, 4) is 0 Å². The Morgan fingerprint density at radius 3 is 2.93 bits per heavy atom. The number of benzene rings is 1. The zero-order valence-electron chi connectivity index (χ0n) is 7.78. The van der Waals surface area contributed by atoms with E-state index >= 15 is 0 Å². The molecule has 0 fully saturated rings. The molecule has 0 aliphatic carbocycles. The van der Waals surface area contributed by atoms with Crippen LogP contribution in [-0.4, -0.2) is 17.6 Å². The van der Waals surface area contributed by atoms with Gasteiger partial charge in [0.05, 0.1) is 0 Å². The number of carbonyl (C=O) groups is 1. The monoisotopic (exact) mass is 213 g/mol. The van der Waals surface area contributed by atoms with Gasteiger partial charge in [-0.05, 0) is 18.1 Å². The normalized spacial score (nSPS) is 17.9. The lowest BCUT2D eigenvalue weighted by molar-refractivity contribution is -0.138. The van der Waals surface area contributed by atoms with E-state index in [0.717, 1.165) is 16.8 Å². The van der Waals surface area contributed by atoms with Gasteiger partial charge in [0.1, 0.15) is 5.92 Å². The molecule has 1 heterocycles. The molecule has 2 rings (SSSR count). The zero-order valence-corrected chi connectivity index (χ0v) is 8.60. The van der Waals surface area contributed by atoms with Crippen LogP contribution in [0.1, 0.15) is 17.0 Å². The van der Waals surface area contributed by atoms with Gasteiger partial charge in [-0.15, -0.1) is 12.4 Å². The predicted molar refractivity (Wildman–Crippen MR) is 57.3 cm³/mol. The van der Waals surface area contributed by atoms with Crippen molar-refractivity contribution in [1.29, 1.82) is 0 Å². The maximum atomic E-state index is 10.8. The average Bonchev–Trinajstić information content (AvgIpc) is 2.48. The molecule has 4 heteroatoms. The molecule has 0 saturated heterocycles. The first-order valence-corrected chi connectivity index (χ1v) is 4.26. The van der Waals surface area contributed by atoms with E-state index in [1.54, 1.807) is 0 Å². The highest BCUT2D eigenvalue weighted by atomic mass is 35.5. The molecular weight excluding hydrogens is 202 g/mol. The number of para-hydroxylation sites is 1. The summed E-state index contributed by atoms with van der Waals surface area (Å²) in [5, 5.41) is 12.0. The molecule has 0 aromatic heterocycles. The molecule has 3 nitrogen and oxygen atoms in total. The Labute approximate surface area is 88.5 Å². The number of carboxylic acids is 1. The fourth-order valence-corrected chi connectivity index (χ4v) is 1.76. The van der Waals surface area contributed by atoms with Crippen molar-refractivity contribution < 1.29 is 9.90 Å². The molecule has 0 amide bonds. The molecule has 1 atom stereocenters. The van der Waals surface area contributed by atoms with Crippen LogP contribution in [0.3, 0.4) is 0 Å². The van der Waals surface area contributed by atoms with Gasteiger partial charge in [0.25, 0.3) is 0 Å². The summed E-state index contributed by atoms with van der Waals surface area (Å²) in [6, 6.07) is 5.76. The predicted octanol–water partition coefficient (Wildman–Crippen LogP) is 2.01. The summed E-state index contributed by atoms with van der Waals surface area (Å²) in [4.78, 5) is 10.8. The molecule has 0 radical (unpaired) electrons. The summed E-state index contributed by atoms with van der Waals surface area (Å²) in [7, 11) is 0. The number of aryl methyl sites for hydroxylation is 1. The topological polar surface area (TPSA) is 49.3 Å². The molecule has 14 heavy (non-hydrogen) atoms. The summed E-state index contributed by atoms with van der Waals surface area (Å²) in [6.45, 7) is 2.49. The van der Waals surface area contributed by atoms with Gasteiger partial charge in [0.2, 0.25) is 0 Å². The van der Waals surface area contributed by atoms with Gasteiger partial charge in [-0.25, -0.2) is 0 Å². The van der Waals surface area contributed by atoms with Crippen LogP contribution in [0, 0.1) is 6.92 Å². The summed E-state index contributed by atoms with van der Waals surface area (Å²) in [6.07, 6.45) is 0. The zero-order chi connectivity index (χ0) is 9.42. The van der Waals surface area contributed by atoms with Crippen LogP contribution in [0.5, 0.6) is 0 Å². The van der Waals surface area contributed by atoms with Gasteiger partial charge >= 0.3 is 5.97 Å². The van der Waals surface area contributed by atoms with Crippen molar-refractivity contribution in [1.82, 2.24) is 0 Å². The molecule has 1 unspecified atom stereocenters. The second-order valence-electron chi connectivity index (χ2n) is 3.31. The first-order valence-electron chi connectivity index (χ1n) is 4.26. The van der Waals surface area contributed by atoms with Crippen LogP contribution < -0.4 is 5.32 Å². The molecule has 1 aromatic rings. The highest BCUT2D eigenvalue weighted by Crippen LogP contribution is 2.33. The summed E-state index contributed by atoms with van der Waals surface area (Å²) in [5.41, 5.74) is 3.02. The quantitative estimate of drug-likeness (QED) is 0.751. The third kappa shape index (κ3) is 1.55. The Morgan fingerprint density at radius 1 is 1.57 bits per heavy atom. The molecular formula is C10H12ClNO2. The van der Waals surface area contributed by atoms with Crippen LogP contribution >= 0.6 is 12.4 Å². The van der Waals surface area contributed by atoms with E-state index in [2.05, 4.69) is 5.32 Å². The van der Waals surface area contributed by atoms with Crippen molar-refractivity contribution in [3.63, 3.8) is 0 Å². The molecule has 0 spiro atoms. The molecule has 2 N–H and O–H groups in total. The number of halogens is 1. The smallest absolute Gasteiger partial charge is 0.312 e. The van der Waals surface area contributed by atoms with Crippen LogP contribution in [0.15, 0.2) is 18.2 Å². The van der Waals surface area contributed by atoms with Gasteiger partial charge in [0.15, 0.2) is 0 Å². The maximum Gasteiger partial charge on any atom is 0.312 e. The van der Waals surface area contributed by atoms with Crippen LogP contribution in [0.4, 0.5) is 5.69 Å². The fourth-order valence-electron chi connectivity index (χ4n) is 1.76. The largest absolute Gasteiger partial charge is 0.481 e. The Balaban J connectivity index is 0.000000980. The third-order valence-electron chi connectivity index (χ3n) is 2.46. The number of aliphatic carboxylic acids is 1. The van der Waals surface area contributed by atoms with E-state index in [1.165, 1.54) is 0 Å². The third-order valence-corrected chi connectivity index (χ3v) is 2.46. The van der Waals surface area contributed by atoms with E-state index < -0.39 is 5.97 Å². The fraction of sp³-hybridized carbons (Fsp3) is 0.300. The van der Waals surface area contributed by atoms with E-state index in [1.807, 2.05) is 25.1 Å². The van der Waals surface area contributed by atoms with Gasteiger partial charge < -0.3 is 10.4 Å². The highest BCUT2D eigenvalue weighted by Gasteiger charge is 2.28. The minimum Gasteiger partial charge on any atom is -0.481 e. The van der Waals surface area contributed by atoms with Crippen molar-refractivity contribution in [2.45, 2.75) is 12.8 Å². The summed E-state index contributed by atoms with van der Waals surface area (Å²) < 4.78 is 0. The molecule has 0 saturated carbocycles. The number of hydrogen-bond acceptors (Lipinski definition) is 2. The SMILES string of the molecule is Cc1cccc2c1NCC2C(=O)O.Cl. The number of hydrogen-bond donors (Lipinski definition) is 2. The summed E-state index contributed by atoms with van der Waals surface area (Å²) >= 11 is 0. The Morgan fingerprint density at radius 2 is 2.29 bits per heavy atom. The first-order chi connectivity index (χ1) is 6.20. The second kappa shape index (κ2) is 3.88. The lowest BCUT2D eigenvalue weighted by Crippen LogP contribution is -2.12. The van der Waals surface area contributed by atoms with Crippen molar-refractivity contribution >= 4 is 24.1 Å². The number of nitrogens with one attached hydrogen (secondary N) is 1. The van der Waals surface area contributed by atoms with E-state index in [-0.39, 0.29) is 18.3 Å². The van der Waals surface area contributed by atoms with Gasteiger partial charge in [-0.1, -0.05) is 18.2 Å². The number of rotatable bonds is 1. The lowest BCUT2D eigenvalue weighted by atomic mass is 10.00. The molecule has 76 valence electrons. The van der Waals surface area contributed by atoms with E-state index in [9.17, 15) is 4.79 Å². The Kier molecular flexibility index (Phi) is 3.01. The number of carboxylic acid groups (broad SMARTS) is 1. The van der Waals surface area contributed by atoms with Crippen molar-refractivity contribution in [2.75, 3.05) is 11.9 Å². The van der Waals surface area contributed by atoms with Crippen LogP contribution in [0.25, 0.3) is 0 Å². The molecule has 1 aliphatic heterocycles. The van der Waals surface area contributed by atoms with Gasteiger partial charge in [-0.2, -0.15) is 0 Å². The standard InChI is InChI=1S/C10H11NO2.ClH/c1-6-3-2-4-7-8(10(12)13)5-11-9(6)7;/h2-4,8,11H,5H2,1H3,(H,12,13);1H. The average molecular weight is 214 g/mol. The van der Waals surface area contributed by atoms with Gasteiger partial charge in [-0.3, -0.25) is 4.79 Å². The van der Waals surface area contributed by atoms with E-state index in [4.69, 9.17) is 5.11 Å². The molecule has 0 bridgehead atoms. The van der Waals surface area contributed by atoms with Crippen molar-refractivity contribution in [2.24, 2.45) is 0 Å². The number of fused-ring (bicyclic) bond motifs is 1. The van der Waals surface area contributed by atoms with Crippen molar-refractivity contribution in [3.05, 3.63) is 29.3 Å². The maximum absolute atomic E-state index is 10.8. The van der Waals surface area contributed by atoms with E-state index in [0.29, 0.717) is 6.54 Å². The number of anilines is 1. The Bertz CT molecular complexity index is 365. The van der Waals surface area contributed by atoms with Crippen LogP contribution in [-0.2, 0) is 4.79 Å². The minimum absolute atomic E-state index is 0. The van der Waals surface area contributed by atoms with Gasteiger partial charge in [0, 0.05) is 12.2 Å². The Hall–Kier alpha value is -1.22. The highest BCUT2D eigenvalue weighted by molar-refractivity contribution is 5.85.